The van der Waals surface area contributed by atoms with Gasteiger partial charge in [-0.05, 0) is 61.0 Å². The minimum absolute atomic E-state index is 0.117. The summed E-state index contributed by atoms with van der Waals surface area (Å²) in [5, 5.41) is 12.1. The molecule has 3 nitrogen and oxygen atoms in total. The highest BCUT2D eigenvalue weighted by atomic mass is 32.2. The number of hydrogen-bond acceptors (Lipinski definition) is 4. The van der Waals surface area contributed by atoms with E-state index < -0.39 is 0 Å². The Bertz CT molecular complexity index is 851. The van der Waals surface area contributed by atoms with Crippen LogP contribution < -0.4 is 0 Å². The van der Waals surface area contributed by atoms with Crippen molar-refractivity contribution in [2.45, 2.75) is 139 Å². The van der Waals surface area contributed by atoms with Crippen LogP contribution in [0.5, 0.6) is 5.75 Å². The Hall–Kier alpha value is -0.810. The minimum Gasteiger partial charge on any atom is -0.507 e. The lowest BCUT2D eigenvalue weighted by Crippen LogP contribution is -2.49. The molecular weight excluding hydrogens is 482 g/mol. The van der Waals surface area contributed by atoms with Gasteiger partial charge < -0.3 is 10.0 Å². The lowest BCUT2D eigenvalue weighted by atomic mass is 9.79. The normalized spacial score (nSPS) is 25.7. The Morgan fingerprint density at radius 1 is 0.917 bits per heavy atom. The van der Waals surface area contributed by atoms with Crippen molar-refractivity contribution in [1.82, 2.24) is 4.90 Å². The molecule has 5 heteroatoms. The number of likely N-dealkylation sites (tertiary alicyclic amines) is 1. The third kappa shape index (κ3) is 7.18. The van der Waals surface area contributed by atoms with Crippen molar-refractivity contribution in [2.75, 3.05) is 12.3 Å². The predicted octanol–water partition coefficient (Wildman–Crippen LogP) is 8.55. The van der Waals surface area contributed by atoms with Crippen molar-refractivity contribution in [3.63, 3.8) is 0 Å². The van der Waals surface area contributed by atoms with Crippen LogP contribution in [0.2, 0.25) is 0 Å². The first-order chi connectivity index (χ1) is 16.9. The van der Waals surface area contributed by atoms with Gasteiger partial charge in [0, 0.05) is 39.1 Å². The van der Waals surface area contributed by atoms with Gasteiger partial charge in [0.05, 0.1) is 5.75 Å². The first kappa shape index (κ1) is 29.7. The average molecular weight is 534 g/mol. The molecule has 0 spiro atoms. The highest BCUT2D eigenvalue weighted by Crippen LogP contribution is 2.45. The van der Waals surface area contributed by atoms with Crippen LogP contribution in [0.25, 0.3) is 0 Å². The summed E-state index contributed by atoms with van der Waals surface area (Å²) in [4.78, 5) is 16.8. The van der Waals surface area contributed by atoms with Crippen molar-refractivity contribution in [3.8, 4) is 5.75 Å². The number of phenols is 1. The lowest BCUT2D eigenvalue weighted by molar-refractivity contribution is -0.133. The highest BCUT2D eigenvalue weighted by Gasteiger charge is 2.34. The van der Waals surface area contributed by atoms with Gasteiger partial charge in [-0.3, -0.25) is 4.79 Å². The van der Waals surface area contributed by atoms with E-state index in [1.165, 1.54) is 43.4 Å². The number of amides is 1. The Labute approximate surface area is 230 Å². The van der Waals surface area contributed by atoms with Crippen molar-refractivity contribution < 1.29 is 9.90 Å². The summed E-state index contributed by atoms with van der Waals surface area (Å²) in [6.07, 6.45) is 9.60. The van der Waals surface area contributed by atoms with Gasteiger partial charge in [0.1, 0.15) is 5.75 Å². The standard InChI is InChI=1S/C31H51NO2S2/c1-9-21-14-13-17-32(25(21)10-2)28(33)20-35-26-15-11-12-16-27(26)36-22-18-23(30(3,4)5)29(34)24(19-22)31(6,7)8/h18-19,21,25-27,34H,9-17,20H2,1-8H3/t21-,25+,26?,27?/m0/s1. The molecule has 1 saturated heterocycles. The monoisotopic (exact) mass is 533 g/mol. The molecule has 1 aromatic carbocycles. The Kier molecular flexibility index (Phi) is 10.2. The second-order valence-corrected chi connectivity index (χ2v) is 15.6. The van der Waals surface area contributed by atoms with Crippen molar-refractivity contribution >= 4 is 29.4 Å². The van der Waals surface area contributed by atoms with Gasteiger partial charge >= 0.3 is 0 Å². The van der Waals surface area contributed by atoms with Crippen LogP contribution in [0, 0.1) is 5.92 Å². The Morgan fingerprint density at radius 2 is 1.50 bits per heavy atom. The van der Waals surface area contributed by atoms with E-state index in [1.54, 1.807) is 0 Å². The van der Waals surface area contributed by atoms with Crippen molar-refractivity contribution in [3.05, 3.63) is 23.3 Å². The van der Waals surface area contributed by atoms with Crippen LogP contribution in [0.4, 0.5) is 0 Å². The van der Waals surface area contributed by atoms with Crippen LogP contribution in [0.15, 0.2) is 17.0 Å². The zero-order valence-electron chi connectivity index (χ0n) is 24.2. The largest absolute Gasteiger partial charge is 0.507 e. The molecule has 1 aliphatic carbocycles. The Morgan fingerprint density at radius 3 is 2.03 bits per heavy atom. The molecule has 2 unspecified atom stereocenters. The van der Waals surface area contributed by atoms with E-state index in [1.807, 2.05) is 23.5 Å². The van der Waals surface area contributed by atoms with E-state index in [0.29, 0.717) is 39.9 Å². The maximum absolute atomic E-state index is 13.4. The lowest BCUT2D eigenvalue weighted by Gasteiger charge is -2.41. The number of hydrogen-bond donors (Lipinski definition) is 1. The first-order valence-electron chi connectivity index (χ1n) is 14.3. The van der Waals surface area contributed by atoms with Gasteiger partial charge in [0.2, 0.25) is 5.91 Å². The summed E-state index contributed by atoms with van der Waals surface area (Å²) >= 11 is 3.89. The van der Waals surface area contributed by atoms with E-state index in [9.17, 15) is 9.90 Å². The topological polar surface area (TPSA) is 40.5 Å². The predicted molar refractivity (Wildman–Crippen MR) is 159 cm³/mol. The molecule has 1 amide bonds. The van der Waals surface area contributed by atoms with Gasteiger partial charge in [-0.25, -0.2) is 0 Å². The molecule has 2 fully saturated rings. The molecule has 36 heavy (non-hydrogen) atoms. The molecule has 2 aliphatic rings. The number of benzene rings is 1. The maximum atomic E-state index is 13.4. The maximum Gasteiger partial charge on any atom is 0.232 e. The van der Waals surface area contributed by atoms with Crippen molar-refractivity contribution in [2.24, 2.45) is 5.92 Å². The summed E-state index contributed by atoms with van der Waals surface area (Å²) in [6, 6.07) is 4.87. The number of piperidine rings is 1. The highest BCUT2D eigenvalue weighted by molar-refractivity contribution is 8.04. The molecule has 1 aliphatic heterocycles. The summed E-state index contributed by atoms with van der Waals surface area (Å²) in [5.74, 6) is 2.09. The minimum atomic E-state index is -0.117. The van der Waals surface area contributed by atoms with Gasteiger partial charge in [-0.1, -0.05) is 74.7 Å². The second-order valence-electron chi connectivity index (χ2n) is 13.0. The fraction of sp³-hybridized carbons (Fsp3) is 0.774. The molecule has 3 rings (SSSR count). The van der Waals surface area contributed by atoms with Gasteiger partial charge in [-0.2, -0.15) is 0 Å². The molecule has 1 aromatic rings. The molecule has 204 valence electrons. The SMILES string of the molecule is CC[C@H]1CCCN(C(=O)CSC2CCCCC2Sc2cc(C(C)(C)C)c(O)c(C(C)(C)C)c2)[C@@H]1CC. The summed E-state index contributed by atoms with van der Waals surface area (Å²) < 4.78 is 0. The summed E-state index contributed by atoms with van der Waals surface area (Å²) in [7, 11) is 0. The molecule has 0 aromatic heterocycles. The number of carbonyl (C=O) groups is 1. The van der Waals surface area contributed by atoms with Gasteiger partial charge in [0.25, 0.3) is 0 Å². The quantitative estimate of drug-likeness (QED) is 0.381. The average Bonchev–Trinajstić information content (AvgIpc) is 2.82. The van der Waals surface area contributed by atoms with E-state index in [2.05, 4.69) is 72.4 Å². The number of aromatic hydroxyl groups is 1. The molecule has 4 atom stereocenters. The molecule has 0 radical (unpaired) electrons. The zero-order valence-corrected chi connectivity index (χ0v) is 25.8. The smallest absolute Gasteiger partial charge is 0.232 e. The van der Waals surface area contributed by atoms with E-state index in [-0.39, 0.29) is 10.8 Å². The van der Waals surface area contributed by atoms with E-state index >= 15 is 0 Å². The van der Waals surface area contributed by atoms with Gasteiger partial charge in [0.15, 0.2) is 0 Å². The van der Waals surface area contributed by atoms with Crippen LogP contribution in [0.1, 0.15) is 118 Å². The second kappa shape index (κ2) is 12.4. The third-order valence-electron chi connectivity index (χ3n) is 8.23. The number of carbonyl (C=O) groups excluding carboxylic acids is 1. The number of nitrogens with zero attached hydrogens (tertiary/aromatic N) is 1. The zero-order chi connectivity index (χ0) is 26.7. The third-order valence-corrected chi connectivity index (χ3v) is 11.2. The van der Waals surface area contributed by atoms with Crippen molar-refractivity contribution in [1.29, 1.82) is 0 Å². The summed E-state index contributed by atoms with van der Waals surface area (Å²) in [5.41, 5.74) is 1.84. The molecule has 0 bridgehead atoms. The van der Waals surface area contributed by atoms with Crippen LogP contribution >= 0.6 is 23.5 Å². The molecular formula is C31H51NO2S2. The summed E-state index contributed by atoms with van der Waals surface area (Å²) in [6.45, 7) is 18.6. The first-order valence-corrected chi connectivity index (χ1v) is 16.2. The number of rotatable bonds is 7. The van der Waals surface area contributed by atoms with Crippen LogP contribution in [0.3, 0.4) is 0 Å². The molecule has 1 N–H and O–H groups in total. The number of phenolic OH excluding ortho intramolecular Hbond substituents is 1. The van der Waals surface area contributed by atoms with E-state index in [0.717, 1.165) is 30.5 Å². The molecule has 1 saturated carbocycles. The molecule has 1 heterocycles. The Balaban J connectivity index is 1.75. The van der Waals surface area contributed by atoms with Crippen LogP contribution in [-0.2, 0) is 15.6 Å². The fourth-order valence-corrected chi connectivity index (χ4v) is 9.02. The van der Waals surface area contributed by atoms with Gasteiger partial charge in [-0.15, -0.1) is 23.5 Å². The number of thioether (sulfide) groups is 2. The fourth-order valence-electron chi connectivity index (χ4n) is 6.12. The van der Waals surface area contributed by atoms with E-state index in [4.69, 9.17) is 0 Å². The van der Waals surface area contributed by atoms with Crippen LogP contribution in [-0.4, -0.2) is 44.8 Å².